The number of pyridine rings is 2. The maximum absolute atomic E-state index is 5.03. The van der Waals surface area contributed by atoms with Gasteiger partial charge in [0, 0.05) is 35.3 Å². The van der Waals surface area contributed by atoms with Gasteiger partial charge in [0.2, 0.25) is 0 Å². The Morgan fingerprint density at radius 3 is 2.16 bits per heavy atom. The predicted molar refractivity (Wildman–Crippen MR) is 101 cm³/mol. The highest BCUT2D eigenvalue weighted by molar-refractivity contribution is 6.21. The molecule has 0 saturated heterocycles. The third-order valence-electron chi connectivity index (χ3n) is 4.67. The number of fused-ring (bicyclic) bond motifs is 6. The largest absolute Gasteiger partial charge is 0.324 e. The van der Waals surface area contributed by atoms with Crippen LogP contribution in [0, 0.1) is 0 Å². The third-order valence-corrected chi connectivity index (χ3v) is 4.67. The van der Waals surface area contributed by atoms with Gasteiger partial charge in [-0.2, -0.15) is 0 Å². The van der Waals surface area contributed by atoms with Crippen LogP contribution in [0.4, 0.5) is 0 Å². The average molecular weight is 324 g/mol. The molecule has 0 aliphatic rings. The molecule has 0 fully saturated rings. The van der Waals surface area contributed by atoms with Gasteiger partial charge in [0.25, 0.3) is 0 Å². The van der Waals surface area contributed by atoms with Gasteiger partial charge in [-0.05, 0) is 31.2 Å². The van der Waals surface area contributed by atoms with E-state index < -0.39 is 0 Å². The van der Waals surface area contributed by atoms with Gasteiger partial charge in [-0.1, -0.05) is 30.3 Å². The number of hydrogen-bond donors (Lipinski definition) is 0. The van der Waals surface area contributed by atoms with Crippen molar-refractivity contribution in [1.29, 1.82) is 0 Å². The molecule has 0 atom stereocenters. The smallest absolute Gasteiger partial charge is 0.141 e. The van der Waals surface area contributed by atoms with Crippen LogP contribution in [0.15, 0.2) is 67.0 Å². The molecule has 5 aromatic rings. The van der Waals surface area contributed by atoms with E-state index in [1.807, 2.05) is 42.7 Å². The number of nitrogens with zero attached hydrogens (tertiary/aromatic N) is 4. The van der Waals surface area contributed by atoms with Gasteiger partial charge in [0.05, 0.1) is 22.1 Å². The van der Waals surface area contributed by atoms with E-state index >= 15 is 0 Å². The van der Waals surface area contributed by atoms with E-state index in [4.69, 9.17) is 4.98 Å². The predicted octanol–water partition coefficient (Wildman–Crippen LogP) is 4.82. The number of hydrogen-bond acceptors (Lipinski definition) is 3. The minimum Gasteiger partial charge on any atom is -0.324 e. The Bertz CT molecular complexity index is 1220. The molecule has 120 valence electrons. The fourth-order valence-electron chi connectivity index (χ4n) is 3.60. The van der Waals surface area contributed by atoms with Crippen molar-refractivity contribution in [1.82, 2.24) is 19.5 Å². The van der Waals surface area contributed by atoms with E-state index in [0.717, 1.165) is 50.8 Å². The van der Waals surface area contributed by atoms with Gasteiger partial charge in [0.1, 0.15) is 5.82 Å². The molecular weight excluding hydrogens is 308 g/mol. The molecule has 0 N–H and O–H groups in total. The second kappa shape index (κ2) is 5.38. The fourth-order valence-corrected chi connectivity index (χ4v) is 3.60. The summed E-state index contributed by atoms with van der Waals surface area (Å²) in [5, 5.41) is 2.15. The molecule has 4 heteroatoms. The Morgan fingerprint density at radius 2 is 1.44 bits per heavy atom. The van der Waals surface area contributed by atoms with Crippen LogP contribution in [0.25, 0.3) is 44.2 Å². The minimum atomic E-state index is 0.844. The summed E-state index contributed by atoms with van der Waals surface area (Å²) in [6, 6.07) is 18.5. The second-order valence-electron chi connectivity index (χ2n) is 6.04. The van der Waals surface area contributed by atoms with Gasteiger partial charge in [-0.15, -0.1) is 0 Å². The van der Waals surface area contributed by atoms with Crippen LogP contribution < -0.4 is 0 Å². The van der Waals surface area contributed by atoms with Crippen molar-refractivity contribution >= 4 is 32.8 Å². The van der Waals surface area contributed by atoms with Crippen LogP contribution in [0.2, 0.25) is 0 Å². The van der Waals surface area contributed by atoms with Crippen molar-refractivity contribution in [2.45, 2.75) is 13.5 Å². The summed E-state index contributed by atoms with van der Waals surface area (Å²) in [6.07, 6.45) is 3.64. The van der Waals surface area contributed by atoms with Crippen LogP contribution in [-0.4, -0.2) is 19.5 Å². The van der Waals surface area contributed by atoms with Gasteiger partial charge < -0.3 is 4.57 Å². The lowest BCUT2D eigenvalue weighted by molar-refractivity contribution is 0.798. The molecular formula is C21H16N4. The average Bonchev–Trinajstić information content (AvgIpc) is 3.09. The summed E-state index contributed by atoms with van der Waals surface area (Å²) in [6.45, 7) is 3.00. The molecule has 0 aliphatic heterocycles. The molecule has 25 heavy (non-hydrogen) atoms. The summed E-state index contributed by atoms with van der Waals surface area (Å²) < 4.78 is 2.28. The van der Waals surface area contributed by atoms with E-state index in [-0.39, 0.29) is 0 Å². The number of aryl methyl sites for hydroxylation is 1. The number of imidazole rings is 1. The molecule has 4 nitrogen and oxygen atoms in total. The monoisotopic (exact) mass is 324 g/mol. The highest BCUT2D eigenvalue weighted by Gasteiger charge is 2.18. The zero-order valence-corrected chi connectivity index (χ0v) is 13.8. The Morgan fingerprint density at radius 1 is 0.760 bits per heavy atom. The summed E-state index contributed by atoms with van der Waals surface area (Å²) >= 11 is 0. The molecule has 0 radical (unpaired) electrons. The van der Waals surface area contributed by atoms with Crippen molar-refractivity contribution in [3.05, 3.63) is 67.0 Å². The maximum atomic E-state index is 5.03. The second-order valence-corrected chi connectivity index (χ2v) is 6.04. The molecule has 0 saturated carbocycles. The summed E-state index contributed by atoms with van der Waals surface area (Å²) in [5.41, 5.74) is 5.08. The summed E-state index contributed by atoms with van der Waals surface area (Å²) in [4.78, 5) is 14.2. The van der Waals surface area contributed by atoms with Crippen LogP contribution in [-0.2, 0) is 6.54 Å². The van der Waals surface area contributed by atoms with E-state index in [1.54, 1.807) is 0 Å². The van der Waals surface area contributed by atoms with Gasteiger partial charge in [-0.3, -0.25) is 9.97 Å². The van der Waals surface area contributed by atoms with E-state index in [0.29, 0.717) is 0 Å². The lowest BCUT2D eigenvalue weighted by atomic mass is 10.1. The number of benzene rings is 2. The van der Waals surface area contributed by atoms with Crippen molar-refractivity contribution in [2.24, 2.45) is 0 Å². The lowest BCUT2D eigenvalue weighted by Crippen LogP contribution is -1.98. The van der Waals surface area contributed by atoms with Crippen molar-refractivity contribution < 1.29 is 0 Å². The zero-order chi connectivity index (χ0) is 16.8. The molecule has 0 unspecified atom stereocenters. The first-order chi connectivity index (χ1) is 12.4. The highest BCUT2D eigenvalue weighted by Crippen LogP contribution is 2.35. The van der Waals surface area contributed by atoms with Crippen molar-refractivity contribution in [2.75, 3.05) is 0 Å². The van der Waals surface area contributed by atoms with Crippen molar-refractivity contribution in [3.8, 4) is 11.4 Å². The lowest BCUT2D eigenvalue weighted by Gasteiger charge is -2.09. The molecule has 0 bridgehead atoms. The topological polar surface area (TPSA) is 43.6 Å². The number of rotatable bonds is 2. The number of aromatic nitrogens is 4. The molecule has 5 rings (SSSR count). The van der Waals surface area contributed by atoms with Gasteiger partial charge >= 0.3 is 0 Å². The standard InChI is InChI=1S/C21H16N4/c1-2-25-20-16-11-7-13-23-18(16)17-15(10-6-12-22-17)19(20)24-21(25)14-8-4-3-5-9-14/h3-13H,2H2,1H3. The Labute approximate surface area is 144 Å². The maximum Gasteiger partial charge on any atom is 0.141 e. The zero-order valence-electron chi connectivity index (χ0n) is 13.8. The van der Waals surface area contributed by atoms with E-state index in [2.05, 4.69) is 45.7 Å². The van der Waals surface area contributed by atoms with Crippen LogP contribution >= 0.6 is 0 Å². The van der Waals surface area contributed by atoms with Crippen LogP contribution in [0.5, 0.6) is 0 Å². The molecule has 0 amide bonds. The molecule has 3 aromatic heterocycles. The summed E-state index contributed by atoms with van der Waals surface area (Å²) in [7, 11) is 0. The highest BCUT2D eigenvalue weighted by atomic mass is 15.1. The van der Waals surface area contributed by atoms with Gasteiger partial charge in [0.15, 0.2) is 0 Å². The van der Waals surface area contributed by atoms with Crippen molar-refractivity contribution in [3.63, 3.8) is 0 Å². The Hall–Kier alpha value is -3.27. The first-order valence-electron chi connectivity index (χ1n) is 8.45. The normalized spacial score (nSPS) is 11.6. The van der Waals surface area contributed by atoms with Gasteiger partial charge in [-0.25, -0.2) is 4.98 Å². The van der Waals surface area contributed by atoms with Crippen LogP contribution in [0.3, 0.4) is 0 Å². The molecule has 2 aromatic carbocycles. The summed E-state index contributed by atoms with van der Waals surface area (Å²) in [5.74, 6) is 0.986. The Kier molecular flexibility index (Phi) is 3.04. The third kappa shape index (κ3) is 1.97. The molecule has 3 heterocycles. The fraction of sp³-hybridized carbons (Fsp3) is 0.0952. The quantitative estimate of drug-likeness (QED) is 0.437. The van der Waals surface area contributed by atoms with E-state index in [1.165, 1.54) is 0 Å². The van der Waals surface area contributed by atoms with E-state index in [9.17, 15) is 0 Å². The Balaban J connectivity index is 2.05. The molecule has 0 aliphatic carbocycles. The first kappa shape index (κ1) is 14.1. The first-order valence-corrected chi connectivity index (χ1v) is 8.45. The van der Waals surface area contributed by atoms with Crippen LogP contribution in [0.1, 0.15) is 6.92 Å². The minimum absolute atomic E-state index is 0.844. The molecule has 0 spiro atoms. The SMILES string of the molecule is CCn1c(-c2ccccc2)nc2c3cccnc3c3ncccc3c21.